The van der Waals surface area contributed by atoms with Crippen LogP contribution in [-0.2, 0) is 19.6 Å². The molecular weight excluding hydrogens is 530 g/mol. The van der Waals surface area contributed by atoms with Crippen molar-refractivity contribution < 1.29 is 27.2 Å². The highest BCUT2D eigenvalue weighted by atomic mass is 32.2. The number of piperidine rings is 1. The minimum atomic E-state index is -3.59. The lowest BCUT2D eigenvalue weighted by Gasteiger charge is -2.35. The monoisotopic (exact) mass is 565 g/mol. The normalized spacial score (nSPS) is 24.1. The molecule has 40 heavy (non-hydrogen) atoms. The van der Waals surface area contributed by atoms with Crippen molar-refractivity contribution >= 4 is 38.5 Å². The molecule has 6 rings (SSSR count). The van der Waals surface area contributed by atoms with Crippen molar-refractivity contribution in [1.82, 2.24) is 10.2 Å². The second-order valence-electron chi connectivity index (χ2n) is 11.4. The number of nitrogens with one attached hydrogen (secondary N) is 1. The number of sulfonamides is 1. The Bertz CT molecular complexity index is 1590. The number of furan rings is 1. The third-order valence-corrected chi connectivity index (χ3v) is 10.0. The third-order valence-electron chi connectivity index (χ3n) is 8.85. The maximum Gasteiger partial charge on any atom is 0.255 e. The number of anilines is 1. The van der Waals surface area contributed by atoms with Crippen LogP contribution in [0, 0.1) is 24.7 Å². The molecule has 3 atom stereocenters. The largest absolute Gasteiger partial charge is 0.455 e. The maximum atomic E-state index is 13.4. The first-order valence-corrected chi connectivity index (χ1v) is 15.6. The van der Waals surface area contributed by atoms with Crippen LogP contribution in [0.2, 0.25) is 0 Å². The predicted molar refractivity (Wildman–Crippen MR) is 153 cm³/mol. The number of amides is 2. The molecule has 2 aliphatic heterocycles. The van der Waals surface area contributed by atoms with Gasteiger partial charge in [-0.3, -0.25) is 13.9 Å². The smallest absolute Gasteiger partial charge is 0.255 e. The average Bonchev–Trinajstić information content (AvgIpc) is 3.23. The first-order valence-electron chi connectivity index (χ1n) is 13.8. The number of likely N-dealkylation sites (tertiary alicyclic amines) is 1. The van der Waals surface area contributed by atoms with Crippen LogP contribution in [0.15, 0.2) is 40.8 Å². The highest BCUT2D eigenvalue weighted by molar-refractivity contribution is 7.92. The molecule has 3 fully saturated rings. The molecule has 10 heteroatoms. The van der Waals surface area contributed by atoms with Gasteiger partial charge in [0.15, 0.2) is 0 Å². The fourth-order valence-electron chi connectivity index (χ4n) is 6.43. The quantitative estimate of drug-likeness (QED) is 0.488. The van der Waals surface area contributed by atoms with E-state index in [2.05, 4.69) is 5.32 Å². The topological polar surface area (TPSA) is 109 Å². The average molecular weight is 566 g/mol. The second-order valence-corrected chi connectivity index (χ2v) is 13.4. The fraction of sp³-hybridized carbons (Fsp3) is 0.467. The molecule has 1 N–H and O–H groups in total. The Morgan fingerprint density at radius 2 is 1.80 bits per heavy atom. The summed E-state index contributed by atoms with van der Waals surface area (Å²) in [4.78, 5) is 28.5. The van der Waals surface area contributed by atoms with Crippen molar-refractivity contribution in [3.05, 3.63) is 53.1 Å². The minimum Gasteiger partial charge on any atom is -0.455 e. The fourth-order valence-corrected chi connectivity index (χ4v) is 6.95. The van der Waals surface area contributed by atoms with Gasteiger partial charge in [-0.1, -0.05) is 29.8 Å². The maximum absolute atomic E-state index is 13.4. The summed E-state index contributed by atoms with van der Waals surface area (Å²) < 4.78 is 38.5. The summed E-state index contributed by atoms with van der Waals surface area (Å²) in [5.41, 5.74) is 3.97. The van der Waals surface area contributed by atoms with E-state index in [4.69, 9.17) is 9.15 Å². The van der Waals surface area contributed by atoms with E-state index in [9.17, 15) is 18.0 Å². The molecule has 0 radical (unpaired) electrons. The highest BCUT2D eigenvalue weighted by Crippen LogP contribution is 2.52. The van der Waals surface area contributed by atoms with Crippen LogP contribution >= 0.6 is 0 Å². The molecule has 3 aromatic rings. The van der Waals surface area contributed by atoms with Crippen LogP contribution < -0.4 is 9.62 Å². The van der Waals surface area contributed by atoms with Crippen molar-refractivity contribution in [3.63, 3.8) is 0 Å². The van der Waals surface area contributed by atoms with E-state index < -0.39 is 10.0 Å². The molecule has 2 aromatic carbocycles. The van der Waals surface area contributed by atoms with Gasteiger partial charge in [-0.25, -0.2) is 8.42 Å². The zero-order valence-electron chi connectivity index (χ0n) is 23.3. The lowest BCUT2D eigenvalue weighted by atomic mass is 9.87. The van der Waals surface area contributed by atoms with Gasteiger partial charge in [-0.05, 0) is 43.2 Å². The predicted octanol–water partition coefficient (Wildman–Crippen LogP) is 3.76. The van der Waals surface area contributed by atoms with E-state index in [1.807, 2.05) is 42.2 Å². The highest BCUT2D eigenvalue weighted by Gasteiger charge is 2.59. The molecule has 1 saturated carbocycles. The number of rotatable bonds is 6. The lowest BCUT2D eigenvalue weighted by molar-refractivity contribution is -0.135. The van der Waals surface area contributed by atoms with E-state index in [1.54, 1.807) is 13.1 Å². The van der Waals surface area contributed by atoms with Gasteiger partial charge < -0.3 is 19.4 Å². The van der Waals surface area contributed by atoms with Crippen LogP contribution in [0.4, 0.5) is 5.69 Å². The van der Waals surface area contributed by atoms with E-state index in [0.717, 1.165) is 29.5 Å². The van der Waals surface area contributed by atoms with E-state index >= 15 is 0 Å². The van der Waals surface area contributed by atoms with E-state index in [-0.39, 0.29) is 23.7 Å². The number of ether oxygens (including phenoxy) is 1. The molecule has 1 aromatic heterocycles. The number of hydrogen-bond donors (Lipinski definition) is 1. The zero-order valence-corrected chi connectivity index (χ0v) is 24.1. The van der Waals surface area contributed by atoms with Crippen molar-refractivity contribution in [2.75, 3.05) is 51.0 Å². The third kappa shape index (κ3) is 4.56. The van der Waals surface area contributed by atoms with Gasteiger partial charge in [0.25, 0.3) is 5.91 Å². The summed E-state index contributed by atoms with van der Waals surface area (Å²) in [6, 6.07) is 11.4. The summed E-state index contributed by atoms with van der Waals surface area (Å²) in [6.07, 6.45) is 2.79. The summed E-state index contributed by atoms with van der Waals surface area (Å²) in [5.74, 6) is 0.938. The number of fused-ring (bicyclic) bond motifs is 2. The molecule has 2 unspecified atom stereocenters. The van der Waals surface area contributed by atoms with Gasteiger partial charge in [0.2, 0.25) is 15.9 Å². The first kappa shape index (κ1) is 26.8. The Balaban J connectivity index is 1.45. The van der Waals surface area contributed by atoms with E-state index in [1.165, 1.54) is 17.6 Å². The van der Waals surface area contributed by atoms with E-state index in [0.29, 0.717) is 66.1 Å². The van der Waals surface area contributed by atoms with Crippen LogP contribution in [-0.4, -0.2) is 71.8 Å². The molecule has 2 saturated heterocycles. The standard InChI is InChI=1S/C30H35N3O6S/c1-17-7-9-18(10-8-17)28-27(29(34)31-2)21-12-20(24(13-25(21)39-28)32(3)40(4,36)37)19-6-5-11-33(14-19)30(35)26-22-15-38-16-23(22)26/h7-10,12-13,19,22-23,26H,5-6,11,14-16H2,1-4H3,(H,31,34)/t19-,22?,23?,26?/m1/s1. The van der Waals surface area contributed by atoms with Gasteiger partial charge in [-0.2, -0.15) is 0 Å². The van der Waals surface area contributed by atoms with Gasteiger partial charge in [0.05, 0.1) is 30.7 Å². The van der Waals surface area contributed by atoms with Crippen molar-refractivity contribution in [2.24, 2.45) is 17.8 Å². The van der Waals surface area contributed by atoms with Gasteiger partial charge >= 0.3 is 0 Å². The number of nitrogens with zero attached hydrogens (tertiary/aromatic N) is 2. The number of carbonyl (C=O) groups is 2. The number of aryl methyl sites for hydroxylation is 1. The van der Waals surface area contributed by atoms with Crippen molar-refractivity contribution in [3.8, 4) is 11.3 Å². The van der Waals surface area contributed by atoms with Gasteiger partial charge in [0.1, 0.15) is 11.3 Å². The molecule has 9 nitrogen and oxygen atoms in total. The molecule has 2 amide bonds. The Hall–Kier alpha value is -3.37. The van der Waals surface area contributed by atoms with Gasteiger partial charge in [-0.15, -0.1) is 0 Å². The zero-order chi connectivity index (χ0) is 28.3. The molecule has 0 bridgehead atoms. The van der Waals surface area contributed by atoms with Crippen LogP contribution in [0.5, 0.6) is 0 Å². The molecule has 0 spiro atoms. The first-order chi connectivity index (χ1) is 19.1. The molecular formula is C30H35N3O6S. The lowest BCUT2D eigenvalue weighted by Crippen LogP contribution is -2.41. The second kappa shape index (κ2) is 9.92. The molecule has 3 aliphatic rings. The van der Waals surface area contributed by atoms with Crippen molar-refractivity contribution in [2.45, 2.75) is 25.7 Å². The Morgan fingerprint density at radius 3 is 2.45 bits per heavy atom. The summed E-state index contributed by atoms with van der Waals surface area (Å²) in [6.45, 7) is 4.50. The number of carbonyl (C=O) groups excluding carboxylic acids is 2. The Labute approximate surface area is 234 Å². The summed E-state index contributed by atoms with van der Waals surface area (Å²) in [5, 5.41) is 3.35. The van der Waals surface area contributed by atoms with Crippen LogP contribution in [0.25, 0.3) is 22.3 Å². The van der Waals surface area contributed by atoms with Crippen LogP contribution in [0.1, 0.15) is 40.2 Å². The molecule has 1 aliphatic carbocycles. The van der Waals surface area contributed by atoms with Crippen LogP contribution in [0.3, 0.4) is 0 Å². The number of benzene rings is 2. The Morgan fingerprint density at radius 1 is 1.10 bits per heavy atom. The molecule has 212 valence electrons. The van der Waals surface area contributed by atoms with Crippen molar-refractivity contribution in [1.29, 1.82) is 0 Å². The Kier molecular flexibility index (Phi) is 6.65. The number of hydrogen-bond acceptors (Lipinski definition) is 6. The SMILES string of the molecule is CNC(=O)c1c(-c2ccc(C)cc2)oc2cc(N(C)S(C)(=O)=O)c([C@@H]3CCCN(C(=O)C4C5COCC54)C3)cc12. The minimum absolute atomic E-state index is 0.0407. The molecule has 3 heterocycles. The van der Waals surface area contributed by atoms with Gasteiger partial charge in [0, 0.05) is 56.0 Å². The summed E-state index contributed by atoms with van der Waals surface area (Å²) in [7, 11) is -0.485. The summed E-state index contributed by atoms with van der Waals surface area (Å²) >= 11 is 0.